The number of benzene rings is 2. The predicted octanol–water partition coefficient (Wildman–Crippen LogP) is 3.66. The van der Waals surface area contributed by atoms with Gasteiger partial charge in [-0.1, -0.05) is 42.5 Å². The normalized spacial score (nSPS) is 20.1. The highest BCUT2D eigenvalue weighted by molar-refractivity contribution is 5.97. The van der Waals surface area contributed by atoms with Crippen molar-refractivity contribution in [3.05, 3.63) is 65.7 Å². The summed E-state index contributed by atoms with van der Waals surface area (Å²) in [6, 6.07) is 13.7. The van der Waals surface area contributed by atoms with Crippen LogP contribution in [0.25, 0.3) is 0 Å². The minimum Gasteiger partial charge on any atom is -0.427 e. The van der Waals surface area contributed by atoms with Crippen molar-refractivity contribution >= 4 is 5.91 Å². The first-order valence-electron chi connectivity index (χ1n) is 8.24. The number of hydrogen-bond donors (Lipinski definition) is 1. The highest BCUT2D eigenvalue weighted by Gasteiger charge is 2.45. The Morgan fingerprint density at radius 2 is 1.74 bits per heavy atom. The molecule has 3 rings (SSSR count). The van der Waals surface area contributed by atoms with Crippen molar-refractivity contribution in [1.29, 1.82) is 0 Å². The lowest BCUT2D eigenvalue weighted by molar-refractivity contribution is -0.253. The maximum Gasteiger partial charge on any atom is 0.461 e. The van der Waals surface area contributed by atoms with Crippen LogP contribution in [-0.2, 0) is 5.60 Å². The first kappa shape index (κ1) is 19.2. The molecular weight excluding hydrogens is 366 g/mol. The molecular formula is C19H17F4NO3. The van der Waals surface area contributed by atoms with Gasteiger partial charge in [-0.25, -0.2) is 0 Å². The Kier molecular flexibility index (Phi) is 5.10. The van der Waals surface area contributed by atoms with Crippen LogP contribution in [-0.4, -0.2) is 41.5 Å². The predicted molar refractivity (Wildman–Crippen MR) is 88.9 cm³/mol. The summed E-state index contributed by atoms with van der Waals surface area (Å²) in [5.74, 6) is -1.31. The van der Waals surface area contributed by atoms with Gasteiger partial charge in [-0.05, 0) is 24.1 Å². The quantitative estimate of drug-likeness (QED) is 0.802. The highest BCUT2D eigenvalue weighted by atomic mass is 19.3. The zero-order valence-corrected chi connectivity index (χ0v) is 14.1. The zero-order valence-electron chi connectivity index (χ0n) is 14.1. The Morgan fingerprint density at radius 1 is 1.11 bits per heavy atom. The number of hydrogen-bond acceptors (Lipinski definition) is 3. The number of likely N-dealkylation sites (tertiary alicyclic amines) is 1. The van der Waals surface area contributed by atoms with Crippen molar-refractivity contribution in [2.75, 3.05) is 13.1 Å². The molecule has 4 nitrogen and oxygen atoms in total. The fraction of sp³-hybridized carbons (Fsp3) is 0.316. The molecule has 1 atom stereocenters. The maximum absolute atomic E-state index is 13.3. The first-order valence-corrected chi connectivity index (χ1v) is 8.24. The van der Waals surface area contributed by atoms with Crippen LogP contribution in [0.2, 0.25) is 0 Å². The third-order valence-electron chi connectivity index (χ3n) is 4.46. The number of rotatable bonds is 5. The van der Waals surface area contributed by atoms with Crippen molar-refractivity contribution in [3.63, 3.8) is 0 Å². The van der Waals surface area contributed by atoms with Gasteiger partial charge in [0.1, 0.15) is 11.4 Å². The van der Waals surface area contributed by atoms with E-state index < -0.39 is 29.8 Å². The van der Waals surface area contributed by atoms with E-state index in [1.54, 1.807) is 30.3 Å². The fourth-order valence-corrected chi connectivity index (χ4v) is 3.04. The summed E-state index contributed by atoms with van der Waals surface area (Å²) in [6.07, 6.45) is -8.49. The van der Waals surface area contributed by atoms with E-state index in [1.807, 2.05) is 0 Å². The van der Waals surface area contributed by atoms with E-state index in [9.17, 15) is 27.5 Å². The molecule has 2 aromatic rings. The molecule has 1 fully saturated rings. The number of aliphatic hydroxyl groups is 1. The Labute approximate surface area is 153 Å². The SMILES string of the molecule is O=C(c1ccccc1OC(F)(F)C(F)F)N1CCC(O)(c2ccccc2)C1. The molecule has 2 aromatic carbocycles. The largest absolute Gasteiger partial charge is 0.461 e. The second-order valence-corrected chi connectivity index (χ2v) is 6.34. The second kappa shape index (κ2) is 7.19. The third kappa shape index (κ3) is 3.90. The molecule has 0 radical (unpaired) electrons. The molecule has 0 bridgehead atoms. The van der Waals surface area contributed by atoms with Gasteiger partial charge in [0.2, 0.25) is 0 Å². The minimum absolute atomic E-state index is 0.0462. The minimum atomic E-state index is -4.72. The molecule has 1 amide bonds. The Morgan fingerprint density at radius 3 is 2.41 bits per heavy atom. The molecule has 0 aromatic heterocycles. The average Bonchev–Trinajstić information content (AvgIpc) is 3.05. The zero-order chi connectivity index (χ0) is 19.7. The van der Waals surface area contributed by atoms with Crippen LogP contribution < -0.4 is 4.74 Å². The number of carbonyl (C=O) groups excluding carboxylic acids is 1. The van der Waals surface area contributed by atoms with E-state index in [-0.39, 0.29) is 25.1 Å². The van der Waals surface area contributed by atoms with Crippen molar-refractivity contribution in [2.45, 2.75) is 24.6 Å². The maximum atomic E-state index is 13.3. The fourth-order valence-electron chi connectivity index (χ4n) is 3.04. The number of carbonyl (C=O) groups is 1. The smallest absolute Gasteiger partial charge is 0.427 e. The van der Waals surface area contributed by atoms with Gasteiger partial charge in [-0.15, -0.1) is 0 Å². The number of ether oxygens (including phenoxy) is 1. The van der Waals surface area contributed by atoms with Crippen molar-refractivity contribution in [2.24, 2.45) is 0 Å². The number of amides is 1. The molecule has 0 saturated carbocycles. The molecule has 1 aliphatic heterocycles. The topological polar surface area (TPSA) is 49.8 Å². The molecule has 27 heavy (non-hydrogen) atoms. The molecule has 1 heterocycles. The van der Waals surface area contributed by atoms with E-state index >= 15 is 0 Å². The van der Waals surface area contributed by atoms with Gasteiger partial charge in [0.25, 0.3) is 5.91 Å². The standard InChI is InChI=1S/C19H17F4NO3/c20-17(21)19(22,23)27-15-9-5-4-8-14(15)16(25)24-11-10-18(26,12-24)13-6-2-1-3-7-13/h1-9,17,26H,10-12H2. The van der Waals surface area contributed by atoms with Gasteiger partial charge in [-0.3, -0.25) is 4.79 Å². The summed E-state index contributed by atoms with van der Waals surface area (Å²) in [6.45, 7) is 0.138. The Bertz CT molecular complexity index is 816. The molecule has 1 N–H and O–H groups in total. The molecule has 0 spiro atoms. The van der Waals surface area contributed by atoms with Gasteiger partial charge in [0, 0.05) is 6.54 Å². The lowest BCUT2D eigenvalue weighted by Gasteiger charge is -2.25. The summed E-state index contributed by atoms with van der Waals surface area (Å²) >= 11 is 0. The lowest BCUT2D eigenvalue weighted by atomic mass is 9.93. The van der Waals surface area contributed by atoms with Gasteiger partial charge < -0.3 is 14.7 Å². The van der Waals surface area contributed by atoms with E-state index in [4.69, 9.17) is 0 Å². The van der Waals surface area contributed by atoms with Crippen LogP contribution in [0.15, 0.2) is 54.6 Å². The molecule has 1 aliphatic rings. The van der Waals surface area contributed by atoms with Crippen LogP contribution in [0.4, 0.5) is 17.6 Å². The number of halogens is 4. The first-order chi connectivity index (χ1) is 12.7. The van der Waals surface area contributed by atoms with Crippen LogP contribution >= 0.6 is 0 Å². The van der Waals surface area contributed by atoms with E-state index in [2.05, 4.69) is 4.74 Å². The van der Waals surface area contributed by atoms with Gasteiger partial charge in [0.05, 0.1) is 12.1 Å². The summed E-state index contributed by atoms with van der Waals surface area (Å²) < 4.78 is 55.5. The van der Waals surface area contributed by atoms with Gasteiger partial charge >= 0.3 is 12.5 Å². The van der Waals surface area contributed by atoms with E-state index in [1.165, 1.54) is 23.1 Å². The second-order valence-electron chi connectivity index (χ2n) is 6.34. The number of nitrogens with zero attached hydrogens (tertiary/aromatic N) is 1. The number of para-hydroxylation sites is 1. The number of β-amino-alcohol motifs (C(OH)–C–C–N with tert-alkyl or cyclic N) is 1. The summed E-state index contributed by atoms with van der Waals surface area (Å²) in [5, 5.41) is 10.8. The van der Waals surface area contributed by atoms with E-state index in [0.717, 1.165) is 6.07 Å². The van der Waals surface area contributed by atoms with E-state index in [0.29, 0.717) is 5.56 Å². The summed E-state index contributed by atoms with van der Waals surface area (Å²) in [4.78, 5) is 14.0. The summed E-state index contributed by atoms with van der Waals surface area (Å²) in [5.41, 5.74) is -0.899. The summed E-state index contributed by atoms with van der Waals surface area (Å²) in [7, 11) is 0. The molecule has 144 valence electrons. The Hall–Kier alpha value is -2.61. The van der Waals surface area contributed by atoms with Gasteiger partial charge in [-0.2, -0.15) is 17.6 Å². The van der Waals surface area contributed by atoms with Crippen molar-refractivity contribution in [1.82, 2.24) is 4.90 Å². The lowest BCUT2D eigenvalue weighted by Crippen LogP contribution is -2.36. The van der Waals surface area contributed by atoms with Crippen molar-refractivity contribution < 1.29 is 32.2 Å². The van der Waals surface area contributed by atoms with Gasteiger partial charge in [0.15, 0.2) is 0 Å². The van der Waals surface area contributed by atoms with Crippen LogP contribution in [0.5, 0.6) is 5.75 Å². The van der Waals surface area contributed by atoms with Crippen LogP contribution in [0, 0.1) is 0 Å². The molecule has 1 unspecified atom stereocenters. The molecule has 8 heteroatoms. The average molecular weight is 383 g/mol. The molecule has 1 saturated heterocycles. The highest BCUT2D eigenvalue weighted by Crippen LogP contribution is 2.35. The third-order valence-corrected chi connectivity index (χ3v) is 4.46. The number of alkyl halides is 4. The van der Waals surface area contributed by atoms with Crippen molar-refractivity contribution in [3.8, 4) is 5.75 Å². The molecule has 0 aliphatic carbocycles. The van der Waals surface area contributed by atoms with Crippen LogP contribution in [0.3, 0.4) is 0 Å². The van der Waals surface area contributed by atoms with Crippen LogP contribution in [0.1, 0.15) is 22.3 Å². The monoisotopic (exact) mass is 383 g/mol. The Balaban J connectivity index is 1.82.